The molecule has 3 rings (SSSR count). The lowest BCUT2D eigenvalue weighted by atomic mass is 10.0. The molecule has 1 saturated heterocycles. The van der Waals surface area contributed by atoms with Gasteiger partial charge in [0, 0.05) is 50.5 Å². The highest BCUT2D eigenvalue weighted by atomic mass is 16.5. The van der Waals surface area contributed by atoms with Gasteiger partial charge >= 0.3 is 0 Å². The van der Waals surface area contributed by atoms with Crippen molar-refractivity contribution >= 4 is 17.3 Å². The molecule has 1 aliphatic rings. The Morgan fingerprint density at radius 3 is 2.21 bits per heavy atom. The maximum absolute atomic E-state index is 12.5. The molecule has 5 nitrogen and oxygen atoms in total. The second-order valence-electron chi connectivity index (χ2n) is 7.52. The number of nitrogens with zero attached hydrogens (tertiary/aromatic N) is 2. The van der Waals surface area contributed by atoms with Gasteiger partial charge < -0.3 is 19.9 Å². The fourth-order valence-electron chi connectivity index (χ4n) is 3.46. The third-order valence-corrected chi connectivity index (χ3v) is 5.32. The van der Waals surface area contributed by atoms with Crippen molar-refractivity contribution in [1.29, 1.82) is 0 Å². The van der Waals surface area contributed by atoms with Crippen LogP contribution in [-0.4, -0.2) is 50.6 Å². The fourth-order valence-corrected chi connectivity index (χ4v) is 3.46. The molecule has 0 unspecified atom stereocenters. The van der Waals surface area contributed by atoms with E-state index in [2.05, 4.69) is 60.5 Å². The molecular formula is C23H31N3O2. The third kappa shape index (κ3) is 5.18. The second-order valence-corrected chi connectivity index (χ2v) is 7.52. The van der Waals surface area contributed by atoms with Crippen molar-refractivity contribution in [2.75, 3.05) is 50.1 Å². The van der Waals surface area contributed by atoms with Gasteiger partial charge in [-0.15, -0.1) is 0 Å². The van der Waals surface area contributed by atoms with Crippen LogP contribution in [0.15, 0.2) is 48.5 Å². The van der Waals surface area contributed by atoms with E-state index in [9.17, 15) is 4.79 Å². The number of amides is 1. The largest absolute Gasteiger partial charge is 0.497 e. The summed E-state index contributed by atoms with van der Waals surface area (Å²) in [6.45, 7) is 8.32. The van der Waals surface area contributed by atoms with E-state index in [-0.39, 0.29) is 5.91 Å². The lowest BCUT2D eigenvalue weighted by molar-refractivity contribution is -0.131. The van der Waals surface area contributed by atoms with Gasteiger partial charge in [0.15, 0.2) is 0 Å². The first-order valence-electron chi connectivity index (χ1n) is 10.1. The number of rotatable bonds is 7. The quantitative estimate of drug-likeness (QED) is 0.788. The van der Waals surface area contributed by atoms with Crippen molar-refractivity contribution in [2.45, 2.75) is 26.2 Å². The molecule has 0 aliphatic carbocycles. The Bertz CT molecular complexity index is 748. The van der Waals surface area contributed by atoms with Gasteiger partial charge in [-0.25, -0.2) is 0 Å². The predicted molar refractivity (Wildman–Crippen MR) is 115 cm³/mol. The third-order valence-electron chi connectivity index (χ3n) is 5.32. The molecule has 0 atom stereocenters. The summed E-state index contributed by atoms with van der Waals surface area (Å²) in [4.78, 5) is 16.8. The smallest absolute Gasteiger partial charge is 0.224 e. The molecule has 1 fully saturated rings. The normalized spacial score (nSPS) is 14.3. The minimum atomic E-state index is 0.223. The zero-order valence-corrected chi connectivity index (χ0v) is 17.1. The van der Waals surface area contributed by atoms with Gasteiger partial charge in [-0.3, -0.25) is 4.79 Å². The summed E-state index contributed by atoms with van der Waals surface area (Å²) < 4.78 is 5.21. The molecule has 0 aromatic heterocycles. The maximum atomic E-state index is 12.5. The van der Waals surface area contributed by atoms with Crippen LogP contribution >= 0.6 is 0 Å². The number of anilines is 2. The SMILES string of the molecule is COc1ccc(N2CCN(C(=O)CCNc3ccc(C(C)C)cc3)CC2)cc1. The number of carbonyl (C=O) groups is 1. The summed E-state index contributed by atoms with van der Waals surface area (Å²) in [6, 6.07) is 16.6. The molecule has 1 aliphatic heterocycles. The van der Waals surface area contributed by atoms with E-state index < -0.39 is 0 Å². The van der Waals surface area contributed by atoms with Crippen LogP contribution in [0.25, 0.3) is 0 Å². The molecule has 0 radical (unpaired) electrons. The summed E-state index contributed by atoms with van der Waals surface area (Å²) in [5, 5.41) is 3.36. The van der Waals surface area contributed by atoms with E-state index in [1.807, 2.05) is 17.0 Å². The first-order chi connectivity index (χ1) is 13.6. The monoisotopic (exact) mass is 381 g/mol. The molecule has 0 spiro atoms. The van der Waals surface area contributed by atoms with E-state index >= 15 is 0 Å². The number of carbonyl (C=O) groups excluding carboxylic acids is 1. The van der Waals surface area contributed by atoms with Crippen molar-refractivity contribution in [2.24, 2.45) is 0 Å². The fraction of sp³-hybridized carbons (Fsp3) is 0.435. The summed E-state index contributed by atoms with van der Waals surface area (Å²) >= 11 is 0. The van der Waals surface area contributed by atoms with Crippen molar-refractivity contribution in [3.05, 3.63) is 54.1 Å². The van der Waals surface area contributed by atoms with Crippen LogP contribution in [0.1, 0.15) is 31.7 Å². The predicted octanol–water partition coefficient (Wildman–Crippen LogP) is 3.97. The van der Waals surface area contributed by atoms with Crippen LogP contribution in [0.5, 0.6) is 5.75 Å². The topological polar surface area (TPSA) is 44.8 Å². The van der Waals surface area contributed by atoms with E-state index in [0.717, 1.165) is 37.6 Å². The minimum Gasteiger partial charge on any atom is -0.497 e. The number of hydrogen-bond acceptors (Lipinski definition) is 4. The average Bonchev–Trinajstić information content (AvgIpc) is 2.74. The first kappa shape index (κ1) is 20.1. The zero-order valence-electron chi connectivity index (χ0n) is 17.1. The highest BCUT2D eigenvalue weighted by Gasteiger charge is 2.20. The standard InChI is InChI=1S/C23H31N3O2/c1-18(2)19-4-6-20(7-5-19)24-13-12-23(27)26-16-14-25(15-17-26)21-8-10-22(28-3)11-9-21/h4-11,18,24H,12-17H2,1-3H3. The molecule has 2 aromatic rings. The molecule has 1 heterocycles. The number of nitrogens with one attached hydrogen (secondary N) is 1. The van der Waals surface area contributed by atoms with Crippen molar-refractivity contribution in [1.82, 2.24) is 4.90 Å². The first-order valence-corrected chi connectivity index (χ1v) is 10.1. The van der Waals surface area contributed by atoms with Gasteiger partial charge in [0.05, 0.1) is 7.11 Å². The molecule has 28 heavy (non-hydrogen) atoms. The Morgan fingerprint density at radius 2 is 1.64 bits per heavy atom. The molecular weight excluding hydrogens is 350 g/mol. The van der Waals surface area contributed by atoms with Crippen LogP contribution < -0.4 is 15.0 Å². The maximum Gasteiger partial charge on any atom is 0.224 e. The second kappa shape index (κ2) is 9.49. The summed E-state index contributed by atoms with van der Waals surface area (Å²) in [5.74, 6) is 1.62. The lowest BCUT2D eigenvalue weighted by Gasteiger charge is -2.36. The highest BCUT2D eigenvalue weighted by molar-refractivity contribution is 5.77. The average molecular weight is 382 g/mol. The summed E-state index contributed by atoms with van der Waals surface area (Å²) in [7, 11) is 1.68. The Morgan fingerprint density at radius 1 is 1.00 bits per heavy atom. The highest BCUT2D eigenvalue weighted by Crippen LogP contribution is 2.21. The molecule has 0 bridgehead atoms. The van der Waals surface area contributed by atoms with Crippen molar-refractivity contribution in [3.63, 3.8) is 0 Å². The Balaban J connectivity index is 1.41. The van der Waals surface area contributed by atoms with E-state index in [0.29, 0.717) is 18.9 Å². The number of benzene rings is 2. The summed E-state index contributed by atoms with van der Waals surface area (Å²) in [6.07, 6.45) is 0.522. The van der Waals surface area contributed by atoms with Gasteiger partial charge in [-0.2, -0.15) is 0 Å². The van der Waals surface area contributed by atoms with Gasteiger partial charge in [-0.05, 0) is 47.9 Å². The Hall–Kier alpha value is -2.69. The number of methoxy groups -OCH3 is 1. The Labute approximate surface area is 168 Å². The number of hydrogen-bond donors (Lipinski definition) is 1. The summed E-state index contributed by atoms with van der Waals surface area (Å²) in [5.41, 5.74) is 3.58. The minimum absolute atomic E-state index is 0.223. The molecule has 0 saturated carbocycles. The van der Waals surface area contributed by atoms with Crippen LogP contribution in [0.3, 0.4) is 0 Å². The molecule has 1 amide bonds. The van der Waals surface area contributed by atoms with E-state index in [1.54, 1.807) is 7.11 Å². The molecule has 150 valence electrons. The Kier molecular flexibility index (Phi) is 6.80. The molecule has 1 N–H and O–H groups in total. The van der Waals surface area contributed by atoms with Gasteiger partial charge in [-0.1, -0.05) is 26.0 Å². The van der Waals surface area contributed by atoms with Crippen LogP contribution in [-0.2, 0) is 4.79 Å². The number of ether oxygens (including phenoxy) is 1. The van der Waals surface area contributed by atoms with Crippen LogP contribution in [0.4, 0.5) is 11.4 Å². The van der Waals surface area contributed by atoms with Crippen LogP contribution in [0, 0.1) is 0 Å². The zero-order chi connectivity index (χ0) is 19.9. The van der Waals surface area contributed by atoms with Gasteiger partial charge in [0.2, 0.25) is 5.91 Å². The van der Waals surface area contributed by atoms with Gasteiger partial charge in [0.25, 0.3) is 0 Å². The lowest BCUT2D eigenvalue weighted by Crippen LogP contribution is -2.49. The van der Waals surface area contributed by atoms with E-state index in [1.165, 1.54) is 11.3 Å². The number of piperazine rings is 1. The van der Waals surface area contributed by atoms with Crippen molar-refractivity contribution in [3.8, 4) is 5.75 Å². The van der Waals surface area contributed by atoms with E-state index in [4.69, 9.17) is 4.74 Å². The van der Waals surface area contributed by atoms with Gasteiger partial charge in [0.1, 0.15) is 5.75 Å². The molecule has 2 aromatic carbocycles. The van der Waals surface area contributed by atoms with Crippen molar-refractivity contribution < 1.29 is 9.53 Å². The van der Waals surface area contributed by atoms with Crippen LogP contribution in [0.2, 0.25) is 0 Å². The molecule has 5 heteroatoms.